The molecular weight excluding hydrogens is 283 g/mol. The molecule has 2 heterocycles. The SMILES string of the molecule is O=c1c(Cl)c(-c2ccc(Cl)cc2)nc2ccccn12. The summed E-state index contributed by atoms with van der Waals surface area (Å²) >= 11 is 12.0. The largest absolute Gasteiger partial charge is 0.277 e. The summed E-state index contributed by atoms with van der Waals surface area (Å²) in [5, 5.41) is 0.725. The average Bonchev–Trinajstić information content (AvgIpc) is 2.44. The first-order valence-electron chi connectivity index (χ1n) is 5.59. The molecule has 5 heteroatoms. The number of hydrogen-bond acceptors (Lipinski definition) is 2. The number of nitrogens with zero attached hydrogens (tertiary/aromatic N) is 2. The third kappa shape index (κ3) is 2.11. The highest BCUT2D eigenvalue weighted by atomic mass is 35.5. The Morgan fingerprint density at radius 1 is 1.00 bits per heavy atom. The van der Waals surface area contributed by atoms with Crippen LogP contribution in [-0.4, -0.2) is 9.38 Å². The first kappa shape index (κ1) is 12.2. The smallest absolute Gasteiger partial charge is 0.267 e. The lowest BCUT2D eigenvalue weighted by Crippen LogP contribution is -2.16. The van der Waals surface area contributed by atoms with Gasteiger partial charge in [0.15, 0.2) is 0 Å². The Kier molecular flexibility index (Phi) is 3.01. The normalized spacial score (nSPS) is 10.8. The van der Waals surface area contributed by atoms with E-state index in [1.54, 1.807) is 42.6 Å². The van der Waals surface area contributed by atoms with Gasteiger partial charge in [0.25, 0.3) is 5.56 Å². The fraction of sp³-hybridized carbons (Fsp3) is 0. The zero-order chi connectivity index (χ0) is 13.4. The van der Waals surface area contributed by atoms with Crippen molar-refractivity contribution in [3.63, 3.8) is 0 Å². The molecule has 0 aliphatic rings. The topological polar surface area (TPSA) is 34.4 Å². The van der Waals surface area contributed by atoms with E-state index in [1.165, 1.54) is 4.40 Å². The highest BCUT2D eigenvalue weighted by Gasteiger charge is 2.12. The fourth-order valence-corrected chi connectivity index (χ4v) is 2.24. The van der Waals surface area contributed by atoms with Gasteiger partial charge >= 0.3 is 0 Å². The van der Waals surface area contributed by atoms with Crippen LogP contribution in [-0.2, 0) is 0 Å². The molecule has 0 atom stereocenters. The maximum atomic E-state index is 12.2. The molecule has 0 amide bonds. The summed E-state index contributed by atoms with van der Waals surface area (Å²) in [6, 6.07) is 12.4. The molecule has 0 bridgehead atoms. The van der Waals surface area contributed by atoms with Gasteiger partial charge in [0.1, 0.15) is 10.7 Å². The van der Waals surface area contributed by atoms with Crippen molar-refractivity contribution in [3.8, 4) is 11.3 Å². The Labute approximate surface area is 119 Å². The second kappa shape index (κ2) is 4.68. The summed E-state index contributed by atoms with van der Waals surface area (Å²) in [6.07, 6.45) is 1.64. The summed E-state index contributed by atoms with van der Waals surface area (Å²) in [6.45, 7) is 0. The first-order chi connectivity index (χ1) is 9.16. The maximum absolute atomic E-state index is 12.2. The van der Waals surface area contributed by atoms with Crippen LogP contribution in [0.25, 0.3) is 16.9 Å². The highest BCUT2D eigenvalue weighted by Crippen LogP contribution is 2.24. The standard InChI is InChI=1S/C14H8Cl2N2O/c15-10-6-4-9(5-7-10)13-12(16)14(19)18-8-2-1-3-11(18)17-13/h1-8H. The molecular formula is C14H8Cl2N2O. The van der Waals surface area contributed by atoms with E-state index in [9.17, 15) is 4.79 Å². The van der Waals surface area contributed by atoms with Crippen LogP contribution < -0.4 is 5.56 Å². The average molecular weight is 291 g/mol. The summed E-state index contributed by atoms with van der Waals surface area (Å²) in [4.78, 5) is 16.6. The number of rotatable bonds is 1. The summed E-state index contributed by atoms with van der Waals surface area (Å²) in [5.41, 5.74) is 1.51. The van der Waals surface area contributed by atoms with Gasteiger partial charge in [-0.1, -0.05) is 41.4 Å². The summed E-state index contributed by atoms with van der Waals surface area (Å²) in [5.74, 6) is 0. The van der Waals surface area contributed by atoms with Gasteiger partial charge in [-0.15, -0.1) is 0 Å². The fourth-order valence-electron chi connectivity index (χ4n) is 1.87. The van der Waals surface area contributed by atoms with Crippen molar-refractivity contribution in [2.45, 2.75) is 0 Å². The Morgan fingerprint density at radius 3 is 2.47 bits per heavy atom. The van der Waals surface area contributed by atoms with E-state index in [-0.39, 0.29) is 10.6 Å². The molecule has 2 aromatic heterocycles. The predicted octanol–water partition coefficient (Wildman–Crippen LogP) is 3.67. The van der Waals surface area contributed by atoms with Crippen LogP contribution in [0.1, 0.15) is 0 Å². The number of aromatic nitrogens is 2. The van der Waals surface area contributed by atoms with E-state index in [0.717, 1.165) is 5.56 Å². The van der Waals surface area contributed by atoms with Crippen molar-refractivity contribution >= 4 is 28.8 Å². The molecule has 0 unspecified atom stereocenters. The van der Waals surface area contributed by atoms with E-state index < -0.39 is 0 Å². The Morgan fingerprint density at radius 2 is 1.74 bits per heavy atom. The van der Waals surface area contributed by atoms with Gasteiger partial charge < -0.3 is 0 Å². The van der Waals surface area contributed by atoms with Crippen LogP contribution in [0.15, 0.2) is 53.5 Å². The molecule has 94 valence electrons. The first-order valence-corrected chi connectivity index (χ1v) is 6.35. The van der Waals surface area contributed by atoms with E-state index >= 15 is 0 Å². The number of hydrogen-bond donors (Lipinski definition) is 0. The molecule has 0 radical (unpaired) electrons. The van der Waals surface area contributed by atoms with Gasteiger partial charge in [-0.2, -0.15) is 0 Å². The van der Waals surface area contributed by atoms with Crippen molar-refractivity contribution in [2.75, 3.05) is 0 Å². The molecule has 0 saturated heterocycles. The van der Waals surface area contributed by atoms with Crippen LogP contribution >= 0.6 is 23.2 Å². The Hall–Kier alpha value is -1.84. The van der Waals surface area contributed by atoms with Crippen LogP contribution in [0.2, 0.25) is 10.0 Å². The van der Waals surface area contributed by atoms with E-state index in [0.29, 0.717) is 16.4 Å². The van der Waals surface area contributed by atoms with Crippen LogP contribution in [0.3, 0.4) is 0 Å². The quantitative estimate of drug-likeness (QED) is 0.685. The van der Waals surface area contributed by atoms with E-state index in [2.05, 4.69) is 4.98 Å². The predicted molar refractivity (Wildman–Crippen MR) is 76.9 cm³/mol. The van der Waals surface area contributed by atoms with Crippen molar-refractivity contribution in [3.05, 3.63) is 69.1 Å². The van der Waals surface area contributed by atoms with Gasteiger partial charge in [0.05, 0.1) is 5.69 Å². The molecule has 3 aromatic rings. The Bertz CT molecular complexity index is 810. The monoisotopic (exact) mass is 290 g/mol. The molecule has 0 aliphatic carbocycles. The second-order valence-electron chi connectivity index (χ2n) is 4.02. The van der Waals surface area contributed by atoms with E-state index in [1.807, 2.05) is 6.07 Å². The van der Waals surface area contributed by atoms with Crippen molar-refractivity contribution in [1.82, 2.24) is 9.38 Å². The van der Waals surface area contributed by atoms with Crippen molar-refractivity contribution < 1.29 is 0 Å². The molecule has 1 aromatic carbocycles. The zero-order valence-electron chi connectivity index (χ0n) is 9.68. The maximum Gasteiger partial charge on any atom is 0.277 e. The van der Waals surface area contributed by atoms with Crippen LogP contribution in [0.5, 0.6) is 0 Å². The molecule has 0 N–H and O–H groups in total. The van der Waals surface area contributed by atoms with Crippen LogP contribution in [0, 0.1) is 0 Å². The number of pyridine rings is 1. The molecule has 0 spiro atoms. The number of halogens is 2. The molecule has 3 nitrogen and oxygen atoms in total. The molecule has 19 heavy (non-hydrogen) atoms. The minimum absolute atomic E-state index is 0.103. The summed E-state index contributed by atoms with van der Waals surface area (Å²) in [7, 11) is 0. The third-order valence-corrected chi connectivity index (χ3v) is 3.39. The molecule has 0 saturated carbocycles. The third-order valence-electron chi connectivity index (χ3n) is 2.80. The van der Waals surface area contributed by atoms with Crippen molar-refractivity contribution in [2.24, 2.45) is 0 Å². The minimum Gasteiger partial charge on any atom is -0.267 e. The van der Waals surface area contributed by atoms with Gasteiger partial charge in [-0.3, -0.25) is 9.20 Å². The van der Waals surface area contributed by atoms with Gasteiger partial charge in [-0.25, -0.2) is 4.98 Å². The number of fused-ring (bicyclic) bond motifs is 1. The summed E-state index contributed by atoms with van der Waals surface area (Å²) < 4.78 is 1.42. The highest BCUT2D eigenvalue weighted by molar-refractivity contribution is 6.33. The lowest BCUT2D eigenvalue weighted by molar-refractivity contribution is 1.05. The van der Waals surface area contributed by atoms with Crippen LogP contribution in [0.4, 0.5) is 0 Å². The van der Waals surface area contributed by atoms with Gasteiger partial charge in [0, 0.05) is 16.8 Å². The minimum atomic E-state index is -0.280. The second-order valence-corrected chi connectivity index (χ2v) is 4.83. The lowest BCUT2D eigenvalue weighted by Gasteiger charge is -2.06. The van der Waals surface area contributed by atoms with Crippen molar-refractivity contribution in [1.29, 1.82) is 0 Å². The molecule has 0 aliphatic heterocycles. The van der Waals surface area contributed by atoms with E-state index in [4.69, 9.17) is 23.2 Å². The lowest BCUT2D eigenvalue weighted by atomic mass is 10.1. The van der Waals surface area contributed by atoms with Gasteiger partial charge in [0.2, 0.25) is 0 Å². The number of benzene rings is 1. The van der Waals surface area contributed by atoms with Gasteiger partial charge in [-0.05, 0) is 24.3 Å². The molecule has 0 fully saturated rings. The Balaban J connectivity index is 2.33. The molecule has 3 rings (SSSR count). The zero-order valence-corrected chi connectivity index (χ0v) is 11.2.